The largest absolute Gasteiger partial charge is 0.261 e. The summed E-state index contributed by atoms with van der Waals surface area (Å²) in [6, 6.07) is 12.4. The van der Waals surface area contributed by atoms with Crippen LogP contribution in [0.2, 0.25) is 0 Å². The molecule has 0 fully saturated rings. The van der Waals surface area contributed by atoms with Crippen LogP contribution in [0, 0.1) is 3.57 Å². The predicted octanol–water partition coefficient (Wildman–Crippen LogP) is 5.13. The van der Waals surface area contributed by atoms with Gasteiger partial charge in [-0.15, -0.1) is 0 Å². The van der Waals surface area contributed by atoms with Gasteiger partial charge in [0.05, 0.1) is 0 Å². The Morgan fingerprint density at radius 3 is 2.76 bits per heavy atom. The van der Waals surface area contributed by atoms with Gasteiger partial charge in [-0.1, -0.05) is 37.9 Å². The minimum Gasteiger partial charge on any atom is -0.261 e. The average Bonchev–Trinajstić information content (AvgIpc) is 2.33. The van der Waals surface area contributed by atoms with Gasteiger partial charge in [0.1, 0.15) is 0 Å². The number of halogens is 3. The maximum Gasteiger partial charge on any atom is 0.0462 e. The van der Waals surface area contributed by atoms with E-state index in [1.807, 2.05) is 18.3 Å². The molecular formula is C13H10Br2IN. The summed E-state index contributed by atoms with van der Waals surface area (Å²) in [7, 11) is 0. The van der Waals surface area contributed by atoms with Gasteiger partial charge in [-0.3, -0.25) is 4.98 Å². The summed E-state index contributed by atoms with van der Waals surface area (Å²) >= 11 is 9.65. The van der Waals surface area contributed by atoms with E-state index in [2.05, 4.69) is 83.7 Å². The Balaban J connectivity index is 2.20. The second kappa shape index (κ2) is 6.29. The third kappa shape index (κ3) is 3.76. The van der Waals surface area contributed by atoms with E-state index in [9.17, 15) is 0 Å². The smallest absolute Gasteiger partial charge is 0.0462 e. The van der Waals surface area contributed by atoms with E-state index in [1.165, 1.54) is 9.13 Å². The highest BCUT2D eigenvalue weighted by molar-refractivity contribution is 14.1. The molecule has 0 amide bonds. The zero-order chi connectivity index (χ0) is 12.3. The molecule has 0 radical (unpaired) electrons. The second-order valence-electron chi connectivity index (χ2n) is 3.66. The van der Waals surface area contributed by atoms with Crippen molar-refractivity contribution in [2.75, 3.05) is 0 Å². The summed E-state index contributed by atoms with van der Waals surface area (Å²) in [6.45, 7) is 0. The Morgan fingerprint density at radius 2 is 2.06 bits per heavy atom. The van der Waals surface area contributed by atoms with Gasteiger partial charge < -0.3 is 0 Å². The van der Waals surface area contributed by atoms with Crippen molar-refractivity contribution in [2.45, 2.75) is 11.2 Å². The SMILES string of the molecule is Brc1ccc(I)cc1C(Br)Cc1ccccn1. The average molecular weight is 467 g/mol. The molecule has 0 N–H and O–H groups in total. The van der Waals surface area contributed by atoms with Crippen LogP contribution in [-0.2, 0) is 6.42 Å². The van der Waals surface area contributed by atoms with Crippen LogP contribution in [0.3, 0.4) is 0 Å². The Hall–Kier alpha value is 0.0600. The predicted molar refractivity (Wildman–Crippen MR) is 86.5 cm³/mol. The van der Waals surface area contributed by atoms with Gasteiger partial charge in [0, 0.05) is 31.2 Å². The number of aromatic nitrogens is 1. The third-order valence-electron chi connectivity index (χ3n) is 2.41. The fourth-order valence-electron chi connectivity index (χ4n) is 1.57. The second-order valence-corrected chi connectivity index (χ2v) is 6.86. The maximum atomic E-state index is 4.35. The first-order chi connectivity index (χ1) is 8.16. The van der Waals surface area contributed by atoms with Gasteiger partial charge in [0.2, 0.25) is 0 Å². The molecule has 88 valence electrons. The summed E-state index contributed by atoms with van der Waals surface area (Å²) < 4.78 is 2.38. The van der Waals surface area contributed by atoms with Crippen LogP contribution >= 0.6 is 54.5 Å². The summed E-state index contributed by atoms with van der Waals surface area (Å²) in [6.07, 6.45) is 2.72. The molecule has 1 heterocycles. The van der Waals surface area contributed by atoms with Gasteiger partial charge in [0.15, 0.2) is 0 Å². The Labute approximate surface area is 131 Å². The molecule has 0 aliphatic carbocycles. The molecule has 0 saturated carbocycles. The van der Waals surface area contributed by atoms with Crippen LogP contribution in [0.4, 0.5) is 0 Å². The quantitative estimate of drug-likeness (QED) is 0.451. The minimum absolute atomic E-state index is 0.279. The van der Waals surface area contributed by atoms with Crippen molar-refractivity contribution >= 4 is 54.5 Å². The standard InChI is InChI=1S/C13H10Br2IN/c14-12-5-4-9(16)7-11(12)13(15)8-10-3-1-2-6-17-10/h1-7,13H,8H2. The molecule has 0 saturated heterocycles. The topological polar surface area (TPSA) is 12.9 Å². The van der Waals surface area contributed by atoms with Crippen molar-refractivity contribution in [1.82, 2.24) is 4.98 Å². The zero-order valence-corrected chi connectivity index (χ0v) is 14.2. The summed E-state index contributed by atoms with van der Waals surface area (Å²) in [5.41, 5.74) is 2.36. The molecule has 1 unspecified atom stereocenters. The Kier molecular flexibility index (Phi) is 4.99. The van der Waals surface area contributed by atoms with Crippen LogP contribution < -0.4 is 0 Å². The van der Waals surface area contributed by atoms with Crippen LogP contribution in [0.1, 0.15) is 16.1 Å². The highest BCUT2D eigenvalue weighted by Crippen LogP contribution is 2.33. The number of hydrogen-bond donors (Lipinski definition) is 0. The molecule has 17 heavy (non-hydrogen) atoms. The van der Waals surface area contributed by atoms with Crippen LogP contribution in [-0.4, -0.2) is 4.98 Å². The summed E-state index contributed by atoms with van der Waals surface area (Å²) in [5, 5.41) is 0. The van der Waals surface area contributed by atoms with Gasteiger partial charge in [0.25, 0.3) is 0 Å². The number of benzene rings is 1. The normalized spacial score (nSPS) is 12.4. The molecule has 4 heteroatoms. The number of hydrogen-bond acceptors (Lipinski definition) is 1. The van der Waals surface area contributed by atoms with Gasteiger partial charge in [-0.25, -0.2) is 0 Å². The highest BCUT2D eigenvalue weighted by atomic mass is 127. The maximum absolute atomic E-state index is 4.35. The van der Waals surface area contributed by atoms with Crippen molar-refractivity contribution in [3.8, 4) is 0 Å². The first kappa shape index (κ1) is 13.5. The van der Waals surface area contributed by atoms with Gasteiger partial charge in [-0.2, -0.15) is 0 Å². The molecule has 0 aliphatic rings. The van der Waals surface area contributed by atoms with Crippen molar-refractivity contribution < 1.29 is 0 Å². The molecule has 1 aromatic carbocycles. The third-order valence-corrected chi connectivity index (χ3v) is 4.62. The van der Waals surface area contributed by atoms with Gasteiger partial charge in [-0.05, 0) is 58.5 Å². The van der Waals surface area contributed by atoms with E-state index in [-0.39, 0.29) is 4.83 Å². The molecule has 1 aromatic heterocycles. The number of pyridine rings is 1. The summed E-state index contributed by atoms with van der Waals surface area (Å²) in [5.74, 6) is 0. The molecule has 1 nitrogen and oxygen atoms in total. The van der Waals surface area contributed by atoms with E-state index in [1.54, 1.807) is 0 Å². The van der Waals surface area contributed by atoms with E-state index < -0.39 is 0 Å². The zero-order valence-electron chi connectivity index (χ0n) is 8.91. The first-order valence-electron chi connectivity index (χ1n) is 5.16. The molecule has 0 aliphatic heterocycles. The van der Waals surface area contributed by atoms with Gasteiger partial charge >= 0.3 is 0 Å². The van der Waals surface area contributed by atoms with Crippen molar-refractivity contribution in [3.63, 3.8) is 0 Å². The monoisotopic (exact) mass is 465 g/mol. The lowest BCUT2D eigenvalue weighted by Crippen LogP contribution is -1.98. The van der Waals surface area contributed by atoms with E-state index in [4.69, 9.17) is 0 Å². The van der Waals surface area contributed by atoms with Crippen LogP contribution in [0.5, 0.6) is 0 Å². The first-order valence-corrected chi connectivity index (χ1v) is 7.94. The Bertz CT molecular complexity index is 502. The van der Waals surface area contributed by atoms with E-state index in [0.717, 1.165) is 16.6 Å². The molecule has 0 bridgehead atoms. The lowest BCUT2D eigenvalue weighted by Gasteiger charge is -2.12. The summed E-state index contributed by atoms with van der Waals surface area (Å²) in [4.78, 5) is 4.63. The fourth-order valence-corrected chi connectivity index (χ4v) is 3.62. The van der Waals surface area contributed by atoms with Crippen LogP contribution in [0.15, 0.2) is 47.1 Å². The van der Waals surface area contributed by atoms with E-state index >= 15 is 0 Å². The number of rotatable bonds is 3. The highest BCUT2D eigenvalue weighted by Gasteiger charge is 2.12. The van der Waals surface area contributed by atoms with E-state index in [0.29, 0.717) is 0 Å². The molecule has 0 spiro atoms. The molecule has 2 rings (SSSR count). The van der Waals surface area contributed by atoms with Crippen molar-refractivity contribution in [2.24, 2.45) is 0 Å². The van der Waals surface area contributed by atoms with Crippen molar-refractivity contribution in [3.05, 3.63) is 61.9 Å². The lowest BCUT2D eigenvalue weighted by molar-refractivity contribution is 0.900. The molecule has 1 atom stereocenters. The van der Waals surface area contributed by atoms with Crippen molar-refractivity contribution in [1.29, 1.82) is 0 Å². The van der Waals surface area contributed by atoms with Crippen LogP contribution in [0.25, 0.3) is 0 Å². The fraction of sp³-hybridized carbons (Fsp3) is 0.154. The minimum atomic E-state index is 0.279. The number of alkyl halides is 1. The molecule has 2 aromatic rings. The molecular weight excluding hydrogens is 457 g/mol. The lowest BCUT2D eigenvalue weighted by atomic mass is 10.1. The Morgan fingerprint density at radius 1 is 1.24 bits per heavy atom. The number of nitrogens with zero attached hydrogens (tertiary/aromatic N) is 1.